The van der Waals surface area contributed by atoms with Crippen molar-refractivity contribution in [2.24, 2.45) is 34.0 Å². The summed E-state index contributed by atoms with van der Waals surface area (Å²) in [6, 6.07) is 0. The van der Waals surface area contributed by atoms with Gasteiger partial charge in [-0.25, -0.2) is 0 Å². The molecule has 7 heteroatoms. The van der Waals surface area contributed by atoms with Crippen molar-refractivity contribution in [2.45, 2.75) is 89.8 Å². The summed E-state index contributed by atoms with van der Waals surface area (Å²) in [5.74, 6) is -2.13. The van der Waals surface area contributed by atoms with E-state index in [4.69, 9.17) is 18.9 Å². The third-order valence-corrected chi connectivity index (χ3v) is 10.2. The third kappa shape index (κ3) is 2.17. The standard InChI is InChI=1S/C24H34O7/c1-13(25)30-18-17-20(3,4)8-5-9-21(17)11-29-24(18,27)22-10-15(6-7-16(21)22)23(12-28-23)19(22)31-14(2)26/h15-19,27H,5-12H2,1-4H3/t15-,16+,17-,18+,19-,21-,22+,23+,24-/m1/s1. The third-order valence-electron chi connectivity index (χ3n) is 10.2. The maximum atomic E-state index is 12.5. The fourth-order valence-corrected chi connectivity index (χ4v) is 9.47. The number of fused-ring (bicyclic) bond motifs is 3. The van der Waals surface area contributed by atoms with E-state index in [1.807, 2.05) is 0 Å². The van der Waals surface area contributed by atoms with E-state index in [1.54, 1.807) is 0 Å². The molecule has 7 fully saturated rings. The molecule has 0 aromatic heterocycles. The number of epoxide rings is 1. The van der Waals surface area contributed by atoms with Crippen LogP contribution in [0, 0.1) is 34.0 Å². The predicted molar refractivity (Wildman–Crippen MR) is 108 cm³/mol. The molecule has 0 amide bonds. The molecule has 0 radical (unpaired) electrons. The van der Waals surface area contributed by atoms with Gasteiger partial charge in [0.25, 0.3) is 0 Å². The Kier molecular flexibility index (Phi) is 3.85. The molecule has 0 unspecified atom stereocenters. The second-order valence-corrected chi connectivity index (χ2v) is 11.9. The van der Waals surface area contributed by atoms with E-state index in [2.05, 4.69) is 13.8 Å². The van der Waals surface area contributed by atoms with Crippen LogP contribution in [-0.4, -0.2) is 53.9 Å². The molecule has 4 aliphatic carbocycles. The minimum Gasteiger partial charge on any atom is -0.459 e. The number of esters is 2. The van der Waals surface area contributed by atoms with Crippen molar-refractivity contribution in [3.63, 3.8) is 0 Å². The summed E-state index contributed by atoms with van der Waals surface area (Å²) < 4.78 is 24.4. The Morgan fingerprint density at radius 1 is 1.00 bits per heavy atom. The molecule has 1 N–H and O–H groups in total. The van der Waals surface area contributed by atoms with Crippen LogP contribution in [0.3, 0.4) is 0 Å². The lowest BCUT2D eigenvalue weighted by Crippen LogP contribution is -2.82. The van der Waals surface area contributed by atoms with Crippen molar-refractivity contribution in [1.29, 1.82) is 0 Å². The summed E-state index contributed by atoms with van der Waals surface area (Å²) in [5.41, 5.74) is -1.66. The van der Waals surface area contributed by atoms with Crippen LogP contribution < -0.4 is 0 Å². The van der Waals surface area contributed by atoms with E-state index in [9.17, 15) is 14.7 Å². The van der Waals surface area contributed by atoms with Crippen molar-refractivity contribution in [3.05, 3.63) is 0 Å². The van der Waals surface area contributed by atoms with Crippen LogP contribution in [0.1, 0.15) is 66.2 Å². The lowest BCUT2D eigenvalue weighted by molar-refractivity contribution is -0.457. The van der Waals surface area contributed by atoms with Crippen LogP contribution >= 0.6 is 0 Å². The monoisotopic (exact) mass is 434 g/mol. The topological polar surface area (TPSA) is 94.6 Å². The number of hydrogen-bond donors (Lipinski definition) is 1. The highest BCUT2D eigenvalue weighted by molar-refractivity contribution is 5.67. The number of aliphatic hydroxyl groups is 1. The van der Waals surface area contributed by atoms with Crippen molar-refractivity contribution < 1.29 is 33.6 Å². The number of ether oxygens (including phenoxy) is 4. The summed E-state index contributed by atoms with van der Waals surface area (Å²) in [5, 5.41) is 12.5. The summed E-state index contributed by atoms with van der Waals surface area (Å²) in [6.07, 6.45) is 4.36. The molecule has 7 rings (SSSR count). The van der Waals surface area contributed by atoms with Crippen LogP contribution in [0.5, 0.6) is 0 Å². The smallest absolute Gasteiger partial charge is 0.303 e. The van der Waals surface area contributed by atoms with Crippen molar-refractivity contribution in [3.8, 4) is 0 Å². The van der Waals surface area contributed by atoms with E-state index in [0.717, 1.165) is 32.1 Å². The minimum atomic E-state index is -1.70. The second kappa shape index (κ2) is 5.84. The highest BCUT2D eigenvalue weighted by atomic mass is 16.7. The van der Waals surface area contributed by atoms with Gasteiger partial charge in [0.15, 0.2) is 6.10 Å². The minimum absolute atomic E-state index is 0.00164. The molecule has 0 aromatic carbocycles. The molecule has 31 heavy (non-hydrogen) atoms. The van der Waals surface area contributed by atoms with Crippen LogP contribution in [0.2, 0.25) is 0 Å². The van der Waals surface area contributed by atoms with Crippen LogP contribution in [-0.2, 0) is 28.5 Å². The summed E-state index contributed by atoms with van der Waals surface area (Å²) in [7, 11) is 0. The first-order valence-electron chi connectivity index (χ1n) is 11.9. The molecular weight excluding hydrogens is 400 g/mol. The van der Waals surface area contributed by atoms with E-state index in [1.165, 1.54) is 13.8 Å². The van der Waals surface area contributed by atoms with Crippen molar-refractivity contribution in [2.75, 3.05) is 13.2 Å². The average Bonchev–Trinajstić information content (AvgIpc) is 3.45. The SMILES string of the molecule is CC(=O)O[C@H]1[C@]2(CO2)[C@@H]2CC[C@H]3[C@]45CCCC(C)(C)[C@H]4[C@H](OC(C)=O)[C@@](O)(OC5)[C@@]31C2. The molecule has 3 spiro atoms. The Hall–Kier alpha value is -1.18. The first-order valence-corrected chi connectivity index (χ1v) is 11.9. The van der Waals surface area contributed by atoms with Gasteiger partial charge in [0, 0.05) is 25.2 Å². The molecule has 9 atom stereocenters. The summed E-state index contributed by atoms with van der Waals surface area (Å²) in [4.78, 5) is 24.5. The fourth-order valence-electron chi connectivity index (χ4n) is 9.47. The number of carbonyl (C=O) groups excluding carboxylic acids is 2. The fraction of sp³-hybridized carbons (Fsp3) is 0.917. The lowest BCUT2D eigenvalue weighted by atomic mass is 9.36. The summed E-state index contributed by atoms with van der Waals surface area (Å²) in [6.45, 7) is 8.30. The van der Waals surface area contributed by atoms with Gasteiger partial charge in [-0.05, 0) is 49.4 Å². The molecule has 4 saturated carbocycles. The van der Waals surface area contributed by atoms with Gasteiger partial charge in [0.1, 0.15) is 11.7 Å². The predicted octanol–water partition coefficient (Wildman–Crippen LogP) is 2.58. The van der Waals surface area contributed by atoms with Gasteiger partial charge >= 0.3 is 11.9 Å². The van der Waals surface area contributed by atoms with Crippen LogP contribution in [0.4, 0.5) is 0 Å². The number of carbonyl (C=O) groups is 2. The largest absolute Gasteiger partial charge is 0.459 e. The zero-order valence-electron chi connectivity index (χ0n) is 18.9. The Labute approximate surface area is 183 Å². The Morgan fingerprint density at radius 3 is 2.35 bits per heavy atom. The zero-order chi connectivity index (χ0) is 22.0. The van der Waals surface area contributed by atoms with Gasteiger partial charge in [-0.2, -0.15) is 0 Å². The van der Waals surface area contributed by atoms with E-state index in [-0.39, 0.29) is 34.6 Å². The highest BCUT2D eigenvalue weighted by Gasteiger charge is 2.89. The molecule has 7 nitrogen and oxygen atoms in total. The van der Waals surface area contributed by atoms with Gasteiger partial charge in [-0.1, -0.05) is 20.3 Å². The van der Waals surface area contributed by atoms with E-state index < -0.39 is 35.0 Å². The lowest BCUT2D eigenvalue weighted by Gasteiger charge is -2.74. The van der Waals surface area contributed by atoms with Gasteiger partial charge < -0.3 is 24.1 Å². The van der Waals surface area contributed by atoms with Gasteiger partial charge in [0.05, 0.1) is 18.6 Å². The quantitative estimate of drug-likeness (QED) is 0.527. The Morgan fingerprint density at radius 2 is 1.71 bits per heavy atom. The molecule has 3 heterocycles. The molecule has 0 aromatic rings. The van der Waals surface area contributed by atoms with Crippen molar-refractivity contribution >= 4 is 11.9 Å². The number of rotatable bonds is 2. The van der Waals surface area contributed by atoms with E-state index >= 15 is 0 Å². The van der Waals surface area contributed by atoms with Gasteiger partial charge in [-0.15, -0.1) is 0 Å². The molecule has 3 aliphatic heterocycles. The normalized spacial score (nSPS) is 55.3. The first-order chi connectivity index (χ1) is 14.5. The second-order valence-electron chi connectivity index (χ2n) is 11.9. The number of hydrogen-bond acceptors (Lipinski definition) is 7. The van der Waals surface area contributed by atoms with E-state index in [0.29, 0.717) is 19.6 Å². The molecule has 4 bridgehead atoms. The molecule has 7 aliphatic rings. The molecule has 3 saturated heterocycles. The Balaban J connectivity index is 1.58. The van der Waals surface area contributed by atoms with Gasteiger partial charge in [0.2, 0.25) is 5.79 Å². The molecule has 172 valence electrons. The van der Waals surface area contributed by atoms with Crippen LogP contribution in [0.15, 0.2) is 0 Å². The van der Waals surface area contributed by atoms with Crippen molar-refractivity contribution in [1.82, 2.24) is 0 Å². The Bertz CT molecular complexity index is 849. The summed E-state index contributed by atoms with van der Waals surface area (Å²) >= 11 is 0. The van der Waals surface area contributed by atoms with Crippen LogP contribution in [0.25, 0.3) is 0 Å². The first kappa shape index (κ1) is 20.4. The zero-order valence-corrected chi connectivity index (χ0v) is 18.9. The maximum Gasteiger partial charge on any atom is 0.303 e. The average molecular weight is 435 g/mol. The maximum absolute atomic E-state index is 12.5. The van der Waals surface area contributed by atoms with Gasteiger partial charge in [-0.3, -0.25) is 9.59 Å². The molecular formula is C24H34O7. The highest BCUT2D eigenvalue weighted by Crippen LogP contribution is 2.80.